The van der Waals surface area contributed by atoms with Crippen molar-refractivity contribution < 1.29 is 0 Å². The highest BCUT2D eigenvalue weighted by Crippen LogP contribution is 2.25. The molecule has 0 spiro atoms. The molecule has 3 rings (SSSR count). The Morgan fingerprint density at radius 1 is 1.17 bits per heavy atom. The molecule has 0 N–H and O–H groups in total. The Balaban J connectivity index is 2.39. The van der Waals surface area contributed by atoms with Gasteiger partial charge < -0.3 is 0 Å². The summed E-state index contributed by atoms with van der Waals surface area (Å²) in [4.78, 5) is 8.70. The molecule has 0 atom stereocenters. The van der Waals surface area contributed by atoms with Crippen LogP contribution in [0.5, 0.6) is 0 Å². The van der Waals surface area contributed by atoms with Crippen molar-refractivity contribution in [1.82, 2.24) is 14.4 Å². The van der Waals surface area contributed by atoms with Gasteiger partial charge in [-0.05, 0) is 40.2 Å². The molecule has 86 valence electrons. The highest BCUT2D eigenvalue weighted by molar-refractivity contribution is 9.10. The molecular formula is C13H7BrN4. The van der Waals surface area contributed by atoms with Crippen molar-refractivity contribution in [3.63, 3.8) is 0 Å². The standard InChI is InChI=1S/C13H7BrN4/c14-11-5-3-6-12-17-13(10(8-15)18(11)12)9-4-1-2-7-16-9/h1-7H. The first kappa shape index (κ1) is 10.9. The van der Waals surface area contributed by atoms with Gasteiger partial charge in [-0.1, -0.05) is 12.1 Å². The van der Waals surface area contributed by atoms with Gasteiger partial charge >= 0.3 is 0 Å². The Labute approximate surface area is 112 Å². The number of rotatable bonds is 1. The van der Waals surface area contributed by atoms with Crippen LogP contribution in [0, 0.1) is 11.3 Å². The topological polar surface area (TPSA) is 54.0 Å². The number of hydrogen-bond donors (Lipinski definition) is 0. The number of fused-ring (bicyclic) bond motifs is 1. The van der Waals surface area contributed by atoms with Crippen LogP contribution in [0.15, 0.2) is 47.2 Å². The van der Waals surface area contributed by atoms with Gasteiger partial charge in [0.2, 0.25) is 0 Å². The van der Waals surface area contributed by atoms with Gasteiger partial charge in [-0.3, -0.25) is 9.38 Å². The van der Waals surface area contributed by atoms with E-state index in [4.69, 9.17) is 0 Å². The van der Waals surface area contributed by atoms with Gasteiger partial charge in [0.15, 0.2) is 5.69 Å². The minimum atomic E-state index is 0.483. The molecule has 4 nitrogen and oxygen atoms in total. The summed E-state index contributed by atoms with van der Waals surface area (Å²) >= 11 is 3.43. The molecule has 5 heteroatoms. The second-order valence-electron chi connectivity index (χ2n) is 3.68. The monoisotopic (exact) mass is 298 g/mol. The van der Waals surface area contributed by atoms with Gasteiger partial charge in [0.1, 0.15) is 17.4 Å². The van der Waals surface area contributed by atoms with E-state index in [1.54, 1.807) is 10.6 Å². The Morgan fingerprint density at radius 3 is 2.78 bits per heavy atom. The van der Waals surface area contributed by atoms with Crippen molar-refractivity contribution in [2.24, 2.45) is 0 Å². The molecule has 0 amide bonds. The summed E-state index contributed by atoms with van der Waals surface area (Å²) in [6.07, 6.45) is 1.69. The first-order valence-corrected chi connectivity index (χ1v) is 6.09. The normalized spacial score (nSPS) is 10.4. The molecule has 0 radical (unpaired) electrons. The molecule has 3 aromatic heterocycles. The summed E-state index contributed by atoms with van der Waals surface area (Å²) in [6, 6.07) is 13.4. The van der Waals surface area contributed by atoms with E-state index in [1.165, 1.54) is 0 Å². The van der Waals surface area contributed by atoms with Crippen LogP contribution < -0.4 is 0 Å². The first-order chi connectivity index (χ1) is 8.81. The Morgan fingerprint density at radius 2 is 2.06 bits per heavy atom. The third-order valence-corrected chi connectivity index (χ3v) is 3.23. The number of halogens is 1. The third kappa shape index (κ3) is 1.59. The molecule has 0 unspecified atom stereocenters. The van der Waals surface area contributed by atoms with Crippen molar-refractivity contribution in [3.05, 3.63) is 52.9 Å². The first-order valence-electron chi connectivity index (χ1n) is 5.30. The maximum absolute atomic E-state index is 9.33. The van der Waals surface area contributed by atoms with E-state index in [2.05, 4.69) is 32.0 Å². The van der Waals surface area contributed by atoms with Crippen molar-refractivity contribution in [3.8, 4) is 17.5 Å². The zero-order chi connectivity index (χ0) is 12.5. The van der Waals surface area contributed by atoms with E-state index in [0.29, 0.717) is 17.1 Å². The summed E-state index contributed by atoms with van der Waals surface area (Å²) in [5.41, 5.74) is 2.51. The third-order valence-electron chi connectivity index (χ3n) is 2.61. The summed E-state index contributed by atoms with van der Waals surface area (Å²) in [6.45, 7) is 0. The summed E-state index contributed by atoms with van der Waals surface area (Å²) in [5, 5.41) is 9.33. The van der Waals surface area contributed by atoms with Gasteiger partial charge in [0.25, 0.3) is 0 Å². The molecule has 3 aromatic rings. The Hall–Kier alpha value is -2.19. The largest absolute Gasteiger partial charge is 0.277 e. The zero-order valence-electron chi connectivity index (χ0n) is 9.21. The minimum Gasteiger partial charge on any atom is -0.277 e. The second-order valence-corrected chi connectivity index (χ2v) is 4.49. The molecule has 0 aliphatic rings. The molecule has 18 heavy (non-hydrogen) atoms. The Bertz CT molecular complexity index is 756. The Kier molecular flexibility index (Phi) is 2.58. The maximum Gasteiger partial charge on any atom is 0.155 e. The van der Waals surface area contributed by atoms with E-state index < -0.39 is 0 Å². The van der Waals surface area contributed by atoms with Gasteiger partial charge in [-0.2, -0.15) is 5.26 Å². The van der Waals surface area contributed by atoms with Gasteiger partial charge in [0.05, 0.1) is 10.3 Å². The highest BCUT2D eigenvalue weighted by atomic mass is 79.9. The lowest BCUT2D eigenvalue weighted by Crippen LogP contribution is -1.91. The van der Waals surface area contributed by atoms with Gasteiger partial charge in [-0.25, -0.2) is 4.98 Å². The van der Waals surface area contributed by atoms with E-state index in [-0.39, 0.29) is 0 Å². The van der Waals surface area contributed by atoms with Crippen molar-refractivity contribution in [2.45, 2.75) is 0 Å². The van der Waals surface area contributed by atoms with Crippen molar-refractivity contribution in [2.75, 3.05) is 0 Å². The molecule has 0 saturated carbocycles. The SMILES string of the molecule is N#Cc1c(-c2ccccn2)nc2cccc(Br)n12. The average Bonchev–Trinajstić information content (AvgIpc) is 2.79. The zero-order valence-corrected chi connectivity index (χ0v) is 10.8. The van der Waals surface area contributed by atoms with Crippen LogP contribution >= 0.6 is 15.9 Å². The van der Waals surface area contributed by atoms with E-state index in [1.807, 2.05) is 36.4 Å². The quantitative estimate of drug-likeness (QED) is 0.649. The predicted molar refractivity (Wildman–Crippen MR) is 70.8 cm³/mol. The lowest BCUT2D eigenvalue weighted by molar-refractivity contribution is 1.11. The summed E-state index contributed by atoms with van der Waals surface area (Å²) < 4.78 is 2.57. The van der Waals surface area contributed by atoms with Crippen LogP contribution in [0.1, 0.15) is 5.69 Å². The highest BCUT2D eigenvalue weighted by Gasteiger charge is 2.15. The average molecular weight is 299 g/mol. The number of nitriles is 1. The number of hydrogen-bond acceptors (Lipinski definition) is 3. The molecule has 0 fully saturated rings. The van der Waals surface area contributed by atoms with Crippen LogP contribution in [-0.4, -0.2) is 14.4 Å². The molecule has 0 bridgehead atoms. The van der Waals surface area contributed by atoms with Crippen molar-refractivity contribution in [1.29, 1.82) is 5.26 Å². The fraction of sp³-hybridized carbons (Fsp3) is 0. The van der Waals surface area contributed by atoms with Crippen LogP contribution in [0.3, 0.4) is 0 Å². The molecular weight excluding hydrogens is 292 g/mol. The second kappa shape index (κ2) is 4.24. The number of aromatic nitrogens is 3. The fourth-order valence-corrected chi connectivity index (χ4v) is 2.35. The molecule has 0 aromatic carbocycles. The van der Waals surface area contributed by atoms with Gasteiger partial charge in [-0.15, -0.1) is 0 Å². The van der Waals surface area contributed by atoms with Crippen LogP contribution in [-0.2, 0) is 0 Å². The number of nitrogens with zero attached hydrogens (tertiary/aromatic N) is 4. The number of pyridine rings is 2. The van der Waals surface area contributed by atoms with E-state index in [0.717, 1.165) is 10.3 Å². The minimum absolute atomic E-state index is 0.483. The van der Waals surface area contributed by atoms with Crippen molar-refractivity contribution >= 4 is 21.6 Å². The number of imidazole rings is 1. The summed E-state index contributed by atoms with van der Waals surface area (Å²) in [5.74, 6) is 0. The fourth-order valence-electron chi connectivity index (χ4n) is 1.84. The van der Waals surface area contributed by atoms with Crippen LogP contribution in [0.2, 0.25) is 0 Å². The smallest absolute Gasteiger partial charge is 0.155 e. The lowest BCUT2D eigenvalue weighted by Gasteiger charge is -1.98. The summed E-state index contributed by atoms with van der Waals surface area (Å²) in [7, 11) is 0. The molecule has 0 aliphatic heterocycles. The molecule has 3 heterocycles. The van der Waals surface area contributed by atoms with E-state index in [9.17, 15) is 5.26 Å². The van der Waals surface area contributed by atoms with Gasteiger partial charge in [0, 0.05) is 6.20 Å². The van der Waals surface area contributed by atoms with Crippen LogP contribution in [0.4, 0.5) is 0 Å². The van der Waals surface area contributed by atoms with Crippen LogP contribution in [0.25, 0.3) is 17.0 Å². The predicted octanol–water partition coefficient (Wildman–Crippen LogP) is 3.03. The molecule has 0 aliphatic carbocycles. The lowest BCUT2D eigenvalue weighted by atomic mass is 10.2. The maximum atomic E-state index is 9.33. The molecule has 0 saturated heterocycles. The van der Waals surface area contributed by atoms with E-state index >= 15 is 0 Å².